The molecule has 3 rings (SSSR count). The third-order valence-corrected chi connectivity index (χ3v) is 3.51. The van der Waals surface area contributed by atoms with Crippen molar-refractivity contribution in [3.63, 3.8) is 0 Å². The normalized spacial score (nSPS) is 10.7. The number of para-hydroxylation sites is 1. The third kappa shape index (κ3) is 3.76. The molecular weight excluding hydrogens is 288 g/mol. The number of methoxy groups -OCH3 is 1. The first kappa shape index (κ1) is 15.2. The van der Waals surface area contributed by atoms with E-state index in [-0.39, 0.29) is 0 Å². The van der Waals surface area contributed by atoms with Crippen LogP contribution in [0.4, 0.5) is 17.5 Å². The van der Waals surface area contributed by atoms with E-state index in [4.69, 9.17) is 4.74 Å². The fraction of sp³-hybridized carbons (Fsp3) is 0.222. The first-order chi connectivity index (χ1) is 11.3. The summed E-state index contributed by atoms with van der Waals surface area (Å²) in [5.41, 5.74) is 3.09. The van der Waals surface area contributed by atoms with Crippen LogP contribution in [0.15, 0.2) is 48.5 Å². The first-order valence-corrected chi connectivity index (χ1v) is 7.59. The average Bonchev–Trinajstić information content (AvgIpc) is 2.57. The first-order valence-electron chi connectivity index (χ1n) is 7.59. The predicted molar refractivity (Wildman–Crippen MR) is 94.4 cm³/mol. The molecule has 0 saturated carbocycles. The smallest absolute Gasteiger partial charge is 0.229 e. The van der Waals surface area contributed by atoms with Gasteiger partial charge in [-0.3, -0.25) is 0 Å². The summed E-state index contributed by atoms with van der Waals surface area (Å²) in [6.45, 7) is 3.38. The van der Waals surface area contributed by atoms with E-state index >= 15 is 0 Å². The molecule has 0 fully saturated rings. The molecule has 5 nitrogen and oxygen atoms in total. The second kappa shape index (κ2) is 7.07. The number of anilines is 3. The van der Waals surface area contributed by atoms with Crippen molar-refractivity contribution in [3.8, 4) is 0 Å². The third-order valence-electron chi connectivity index (χ3n) is 3.51. The number of aryl methyl sites for hydroxylation is 1. The Labute approximate surface area is 135 Å². The quantitative estimate of drug-likeness (QED) is 0.679. The maximum absolute atomic E-state index is 5.09. The Morgan fingerprint density at radius 2 is 1.78 bits per heavy atom. The number of nitrogens with zero attached hydrogens (tertiary/aromatic N) is 2. The standard InChI is InChI=1S/C18H20N4O/c1-13-7-9-14(10-8-13)20-18-21-16-6-4-3-5-15(16)17(22-18)19-11-12-23-2/h3-10H,11-12H2,1-2H3,(H2,19,20,21,22). The van der Waals surface area contributed by atoms with Crippen molar-refractivity contribution in [2.45, 2.75) is 6.92 Å². The van der Waals surface area contributed by atoms with Crippen molar-refractivity contribution in [1.82, 2.24) is 9.97 Å². The number of nitrogens with one attached hydrogen (secondary N) is 2. The van der Waals surface area contributed by atoms with Gasteiger partial charge in [0.1, 0.15) is 5.82 Å². The largest absolute Gasteiger partial charge is 0.383 e. The monoisotopic (exact) mass is 308 g/mol. The van der Waals surface area contributed by atoms with Crippen LogP contribution in [0.3, 0.4) is 0 Å². The van der Waals surface area contributed by atoms with Gasteiger partial charge in [0.2, 0.25) is 5.95 Å². The SMILES string of the molecule is COCCNc1nc(Nc2ccc(C)cc2)nc2ccccc12. The molecule has 5 heteroatoms. The zero-order valence-corrected chi connectivity index (χ0v) is 13.3. The number of rotatable bonds is 6. The molecule has 0 spiro atoms. The number of hydrogen-bond donors (Lipinski definition) is 2. The molecule has 118 valence electrons. The van der Waals surface area contributed by atoms with Gasteiger partial charge in [-0.2, -0.15) is 4.98 Å². The molecule has 0 aliphatic heterocycles. The highest BCUT2D eigenvalue weighted by Crippen LogP contribution is 2.23. The van der Waals surface area contributed by atoms with Crippen molar-refractivity contribution in [2.75, 3.05) is 30.9 Å². The highest BCUT2D eigenvalue weighted by molar-refractivity contribution is 5.90. The lowest BCUT2D eigenvalue weighted by Gasteiger charge is -2.11. The summed E-state index contributed by atoms with van der Waals surface area (Å²) in [5, 5.41) is 7.57. The Kier molecular flexibility index (Phi) is 4.68. The summed E-state index contributed by atoms with van der Waals surface area (Å²) in [6, 6.07) is 16.1. The van der Waals surface area contributed by atoms with Crippen LogP contribution in [0.1, 0.15) is 5.56 Å². The van der Waals surface area contributed by atoms with Gasteiger partial charge in [0.25, 0.3) is 0 Å². The summed E-state index contributed by atoms with van der Waals surface area (Å²) in [5.74, 6) is 1.38. The molecule has 0 bridgehead atoms. The molecule has 23 heavy (non-hydrogen) atoms. The van der Waals surface area contributed by atoms with Gasteiger partial charge in [-0.05, 0) is 31.2 Å². The van der Waals surface area contributed by atoms with E-state index in [0.717, 1.165) is 22.4 Å². The maximum Gasteiger partial charge on any atom is 0.229 e. The van der Waals surface area contributed by atoms with Gasteiger partial charge in [0.15, 0.2) is 0 Å². The number of hydrogen-bond acceptors (Lipinski definition) is 5. The van der Waals surface area contributed by atoms with Gasteiger partial charge >= 0.3 is 0 Å². The molecule has 2 aromatic carbocycles. The van der Waals surface area contributed by atoms with Crippen LogP contribution in [0.25, 0.3) is 10.9 Å². The molecular formula is C18H20N4O. The molecule has 1 heterocycles. The minimum absolute atomic E-state index is 0.576. The molecule has 0 radical (unpaired) electrons. The average molecular weight is 308 g/mol. The van der Waals surface area contributed by atoms with Crippen LogP contribution in [0.5, 0.6) is 0 Å². The minimum Gasteiger partial charge on any atom is -0.383 e. The Balaban J connectivity index is 1.92. The molecule has 1 aromatic heterocycles. The molecule has 3 aromatic rings. The number of ether oxygens (including phenoxy) is 1. The highest BCUT2D eigenvalue weighted by atomic mass is 16.5. The molecule has 0 unspecified atom stereocenters. The molecule has 2 N–H and O–H groups in total. The molecule has 0 aliphatic carbocycles. The second-order valence-corrected chi connectivity index (χ2v) is 5.32. The maximum atomic E-state index is 5.09. The topological polar surface area (TPSA) is 59.1 Å². The number of aromatic nitrogens is 2. The Morgan fingerprint density at radius 1 is 1.00 bits per heavy atom. The number of benzene rings is 2. The van der Waals surface area contributed by atoms with Crippen LogP contribution >= 0.6 is 0 Å². The van der Waals surface area contributed by atoms with E-state index in [1.165, 1.54) is 5.56 Å². The summed E-state index contributed by atoms with van der Waals surface area (Å²) < 4.78 is 5.09. The zero-order chi connectivity index (χ0) is 16.1. The Hall–Kier alpha value is -2.66. The van der Waals surface area contributed by atoms with Crippen molar-refractivity contribution in [3.05, 3.63) is 54.1 Å². The fourth-order valence-corrected chi connectivity index (χ4v) is 2.30. The summed E-state index contributed by atoms with van der Waals surface area (Å²) in [6.07, 6.45) is 0. The van der Waals surface area contributed by atoms with Crippen LogP contribution in [-0.4, -0.2) is 30.2 Å². The lowest BCUT2D eigenvalue weighted by Crippen LogP contribution is -2.10. The predicted octanol–water partition coefficient (Wildman–Crippen LogP) is 3.74. The summed E-state index contributed by atoms with van der Waals surface area (Å²) >= 11 is 0. The molecule has 0 atom stereocenters. The van der Waals surface area contributed by atoms with Crippen LogP contribution < -0.4 is 10.6 Å². The van der Waals surface area contributed by atoms with Crippen molar-refractivity contribution < 1.29 is 4.74 Å². The fourth-order valence-electron chi connectivity index (χ4n) is 2.30. The van der Waals surface area contributed by atoms with Crippen LogP contribution in [0, 0.1) is 6.92 Å². The van der Waals surface area contributed by atoms with Gasteiger partial charge in [0, 0.05) is 24.7 Å². The van der Waals surface area contributed by atoms with Gasteiger partial charge in [-0.15, -0.1) is 0 Å². The van der Waals surface area contributed by atoms with Crippen molar-refractivity contribution >= 4 is 28.4 Å². The second-order valence-electron chi connectivity index (χ2n) is 5.32. The lowest BCUT2D eigenvalue weighted by molar-refractivity contribution is 0.210. The highest BCUT2D eigenvalue weighted by Gasteiger charge is 2.07. The van der Waals surface area contributed by atoms with E-state index in [9.17, 15) is 0 Å². The van der Waals surface area contributed by atoms with Gasteiger partial charge in [-0.1, -0.05) is 29.8 Å². The van der Waals surface area contributed by atoms with Crippen LogP contribution in [0.2, 0.25) is 0 Å². The Bertz CT molecular complexity index is 787. The van der Waals surface area contributed by atoms with Crippen molar-refractivity contribution in [1.29, 1.82) is 0 Å². The lowest BCUT2D eigenvalue weighted by atomic mass is 10.2. The van der Waals surface area contributed by atoms with Gasteiger partial charge in [0.05, 0.1) is 12.1 Å². The summed E-state index contributed by atoms with van der Waals surface area (Å²) in [4.78, 5) is 9.19. The molecule has 0 amide bonds. The van der Waals surface area contributed by atoms with Crippen molar-refractivity contribution in [2.24, 2.45) is 0 Å². The van der Waals surface area contributed by atoms with E-state index < -0.39 is 0 Å². The molecule has 0 aliphatic rings. The van der Waals surface area contributed by atoms with Crippen LogP contribution in [-0.2, 0) is 4.74 Å². The van der Waals surface area contributed by atoms with E-state index in [0.29, 0.717) is 19.1 Å². The van der Waals surface area contributed by atoms with E-state index in [1.807, 2.05) is 36.4 Å². The summed E-state index contributed by atoms with van der Waals surface area (Å²) in [7, 11) is 1.68. The van der Waals surface area contributed by atoms with Gasteiger partial charge in [-0.25, -0.2) is 4.98 Å². The molecule has 0 saturated heterocycles. The minimum atomic E-state index is 0.576. The Morgan fingerprint density at radius 3 is 2.57 bits per heavy atom. The van der Waals surface area contributed by atoms with E-state index in [1.54, 1.807) is 7.11 Å². The van der Waals surface area contributed by atoms with Gasteiger partial charge < -0.3 is 15.4 Å². The zero-order valence-electron chi connectivity index (χ0n) is 13.3. The van der Waals surface area contributed by atoms with E-state index in [2.05, 4.69) is 39.7 Å². The number of fused-ring (bicyclic) bond motifs is 1.